The van der Waals surface area contributed by atoms with E-state index >= 15 is 0 Å². The minimum absolute atomic E-state index is 0.391. The topological polar surface area (TPSA) is 12.5 Å². The van der Waals surface area contributed by atoms with Gasteiger partial charge in [-0.15, -0.1) is 0 Å². The lowest BCUT2D eigenvalue weighted by Gasteiger charge is -2.44. The van der Waals surface area contributed by atoms with E-state index < -0.39 is 0 Å². The molecule has 0 aromatic rings. The van der Waals surface area contributed by atoms with Crippen LogP contribution in [0.4, 0.5) is 0 Å². The number of nitrogens with zero attached hydrogens (tertiary/aromatic N) is 1. The largest absolute Gasteiger partial charge is 0.374 e. The predicted molar refractivity (Wildman–Crippen MR) is 58.5 cm³/mol. The molecule has 0 amide bonds. The summed E-state index contributed by atoms with van der Waals surface area (Å²) in [5.41, 5.74) is 0. The van der Waals surface area contributed by atoms with Crippen molar-refractivity contribution in [3.63, 3.8) is 0 Å². The molecule has 1 saturated heterocycles. The van der Waals surface area contributed by atoms with Gasteiger partial charge in [0.1, 0.15) is 0 Å². The fourth-order valence-corrected chi connectivity index (χ4v) is 2.68. The molecule has 2 atom stereocenters. The second kappa shape index (κ2) is 4.63. The van der Waals surface area contributed by atoms with Crippen LogP contribution < -0.4 is 0 Å². The average molecular weight is 197 g/mol. The lowest BCUT2D eigenvalue weighted by atomic mass is 9.89. The predicted octanol–water partition coefficient (Wildman–Crippen LogP) is 2.43. The fourth-order valence-electron chi connectivity index (χ4n) is 2.68. The van der Waals surface area contributed by atoms with Crippen LogP contribution >= 0.6 is 0 Å². The summed E-state index contributed by atoms with van der Waals surface area (Å²) in [6.45, 7) is 6.93. The zero-order valence-corrected chi connectivity index (χ0v) is 9.54. The van der Waals surface area contributed by atoms with E-state index in [-0.39, 0.29) is 0 Å². The molecule has 2 heteroatoms. The zero-order valence-electron chi connectivity index (χ0n) is 9.54. The molecule has 0 spiro atoms. The molecule has 0 radical (unpaired) electrons. The van der Waals surface area contributed by atoms with Gasteiger partial charge < -0.3 is 4.74 Å². The van der Waals surface area contributed by atoms with Crippen LogP contribution in [0.5, 0.6) is 0 Å². The van der Waals surface area contributed by atoms with Crippen LogP contribution in [-0.2, 0) is 4.74 Å². The van der Waals surface area contributed by atoms with Gasteiger partial charge in [-0.1, -0.05) is 12.8 Å². The summed E-state index contributed by atoms with van der Waals surface area (Å²) in [5.74, 6) is 0. The molecule has 1 heterocycles. The van der Waals surface area contributed by atoms with Gasteiger partial charge >= 0.3 is 0 Å². The molecule has 1 aliphatic carbocycles. The Morgan fingerprint density at radius 1 is 1.07 bits per heavy atom. The number of rotatable bonds is 3. The molecule has 0 bridgehead atoms. The monoisotopic (exact) mass is 197 g/mol. The van der Waals surface area contributed by atoms with Crippen molar-refractivity contribution in [3.05, 3.63) is 0 Å². The number of hydrogen-bond acceptors (Lipinski definition) is 2. The first-order valence-electron chi connectivity index (χ1n) is 6.17. The molecule has 0 aromatic carbocycles. The van der Waals surface area contributed by atoms with Crippen LogP contribution in [0, 0.1) is 0 Å². The number of ether oxygens (including phenoxy) is 1. The zero-order chi connectivity index (χ0) is 9.97. The van der Waals surface area contributed by atoms with Crippen molar-refractivity contribution < 1.29 is 4.74 Å². The van der Waals surface area contributed by atoms with Crippen LogP contribution in [0.25, 0.3) is 0 Å². The molecule has 2 nitrogen and oxygen atoms in total. The van der Waals surface area contributed by atoms with Gasteiger partial charge in [-0.2, -0.15) is 0 Å². The average Bonchev–Trinajstić information content (AvgIpc) is 2.04. The van der Waals surface area contributed by atoms with Crippen LogP contribution in [0.3, 0.4) is 0 Å². The highest BCUT2D eigenvalue weighted by Gasteiger charge is 2.33. The highest BCUT2D eigenvalue weighted by atomic mass is 16.5. The van der Waals surface area contributed by atoms with E-state index in [0.29, 0.717) is 12.2 Å². The van der Waals surface area contributed by atoms with E-state index in [1.807, 2.05) is 0 Å². The summed E-state index contributed by atoms with van der Waals surface area (Å²) in [7, 11) is 0. The van der Waals surface area contributed by atoms with Crippen molar-refractivity contribution >= 4 is 0 Å². The molecular weight excluding hydrogens is 174 g/mol. The molecule has 1 aliphatic heterocycles. The molecule has 0 N–H and O–H groups in total. The van der Waals surface area contributed by atoms with Crippen molar-refractivity contribution in [2.75, 3.05) is 13.1 Å². The Morgan fingerprint density at radius 2 is 1.79 bits per heavy atom. The molecule has 82 valence electrons. The van der Waals surface area contributed by atoms with E-state index in [1.54, 1.807) is 0 Å². The standard InChI is InChI=1S/C12H23NO/c1-10(2)14-12-7-4-3-6-11(12)13-8-5-9-13/h10-12H,3-9H2,1-2H3. The Hall–Kier alpha value is -0.0800. The summed E-state index contributed by atoms with van der Waals surface area (Å²) in [6, 6.07) is 0.736. The van der Waals surface area contributed by atoms with E-state index in [1.165, 1.54) is 45.2 Å². The lowest BCUT2D eigenvalue weighted by Crippen LogP contribution is -2.53. The van der Waals surface area contributed by atoms with Gasteiger partial charge in [0.2, 0.25) is 0 Å². The van der Waals surface area contributed by atoms with E-state index in [9.17, 15) is 0 Å². The first-order chi connectivity index (χ1) is 6.77. The number of likely N-dealkylation sites (tertiary alicyclic amines) is 1. The van der Waals surface area contributed by atoms with Crippen molar-refractivity contribution in [1.82, 2.24) is 4.90 Å². The third-order valence-electron chi connectivity index (χ3n) is 3.47. The van der Waals surface area contributed by atoms with Gasteiger partial charge in [-0.3, -0.25) is 4.90 Å². The summed E-state index contributed by atoms with van der Waals surface area (Å²) < 4.78 is 6.02. The van der Waals surface area contributed by atoms with Crippen molar-refractivity contribution in [3.8, 4) is 0 Å². The first-order valence-corrected chi connectivity index (χ1v) is 6.17. The van der Waals surface area contributed by atoms with Gasteiger partial charge in [-0.05, 0) is 46.2 Å². The first kappa shape index (κ1) is 10.4. The maximum Gasteiger partial charge on any atom is 0.0733 e. The third kappa shape index (κ3) is 2.29. The van der Waals surface area contributed by atoms with E-state index in [0.717, 1.165) is 6.04 Å². The highest BCUT2D eigenvalue weighted by Crippen LogP contribution is 2.29. The molecular formula is C12H23NO. The highest BCUT2D eigenvalue weighted by molar-refractivity contribution is 4.88. The van der Waals surface area contributed by atoms with Crippen LogP contribution in [0.2, 0.25) is 0 Å². The Kier molecular flexibility index (Phi) is 3.45. The Morgan fingerprint density at radius 3 is 2.36 bits per heavy atom. The normalized spacial score (nSPS) is 34.5. The minimum atomic E-state index is 0.391. The van der Waals surface area contributed by atoms with E-state index in [4.69, 9.17) is 4.74 Å². The third-order valence-corrected chi connectivity index (χ3v) is 3.47. The second-order valence-corrected chi connectivity index (χ2v) is 4.96. The lowest BCUT2D eigenvalue weighted by molar-refractivity contribution is -0.0769. The molecule has 2 fully saturated rings. The molecule has 2 aliphatic rings. The Bertz CT molecular complexity index is 177. The van der Waals surface area contributed by atoms with Gasteiger partial charge in [-0.25, -0.2) is 0 Å². The van der Waals surface area contributed by atoms with Crippen molar-refractivity contribution in [1.29, 1.82) is 0 Å². The molecule has 1 saturated carbocycles. The Labute approximate surface area is 87.6 Å². The molecule has 2 rings (SSSR count). The quantitative estimate of drug-likeness (QED) is 0.689. The molecule has 2 unspecified atom stereocenters. The van der Waals surface area contributed by atoms with Gasteiger partial charge in [0.15, 0.2) is 0 Å². The smallest absolute Gasteiger partial charge is 0.0733 e. The molecule has 14 heavy (non-hydrogen) atoms. The summed E-state index contributed by atoms with van der Waals surface area (Å²) in [4.78, 5) is 2.62. The second-order valence-electron chi connectivity index (χ2n) is 4.96. The van der Waals surface area contributed by atoms with Crippen LogP contribution in [-0.4, -0.2) is 36.2 Å². The van der Waals surface area contributed by atoms with E-state index in [2.05, 4.69) is 18.7 Å². The minimum Gasteiger partial charge on any atom is -0.374 e. The van der Waals surface area contributed by atoms with Crippen molar-refractivity contribution in [2.24, 2.45) is 0 Å². The molecule has 0 aromatic heterocycles. The van der Waals surface area contributed by atoms with Gasteiger partial charge in [0, 0.05) is 6.04 Å². The van der Waals surface area contributed by atoms with Crippen molar-refractivity contribution in [2.45, 2.75) is 64.2 Å². The maximum absolute atomic E-state index is 6.02. The number of hydrogen-bond donors (Lipinski definition) is 0. The van der Waals surface area contributed by atoms with Crippen LogP contribution in [0.1, 0.15) is 46.0 Å². The summed E-state index contributed by atoms with van der Waals surface area (Å²) in [5, 5.41) is 0. The summed E-state index contributed by atoms with van der Waals surface area (Å²) >= 11 is 0. The van der Waals surface area contributed by atoms with Crippen LogP contribution in [0.15, 0.2) is 0 Å². The fraction of sp³-hybridized carbons (Fsp3) is 1.00. The Balaban J connectivity index is 1.88. The summed E-state index contributed by atoms with van der Waals surface area (Å²) in [6.07, 6.45) is 7.70. The SMILES string of the molecule is CC(C)OC1CCCCC1N1CCC1. The van der Waals surface area contributed by atoms with Gasteiger partial charge in [0.25, 0.3) is 0 Å². The maximum atomic E-state index is 6.02. The van der Waals surface area contributed by atoms with Gasteiger partial charge in [0.05, 0.1) is 12.2 Å².